The van der Waals surface area contributed by atoms with Crippen LogP contribution in [0.5, 0.6) is 5.75 Å². The van der Waals surface area contributed by atoms with E-state index in [0.717, 1.165) is 24.1 Å². The molecule has 0 aliphatic carbocycles. The third-order valence-electron chi connectivity index (χ3n) is 5.17. The summed E-state index contributed by atoms with van der Waals surface area (Å²) in [5.41, 5.74) is 2.09. The first-order valence-corrected chi connectivity index (χ1v) is 9.92. The van der Waals surface area contributed by atoms with Crippen LogP contribution in [0.25, 0.3) is 11.3 Å². The van der Waals surface area contributed by atoms with Gasteiger partial charge in [-0.1, -0.05) is 36.4 Å². The first-order chi connectivity index (χ1) is 14.7. The van der Waals surface area contributed by atoms with Crippen LogP contribution in [0.3, 0.4) is 0 Å². The second kappa shape index (κ2) is 8.90. The number of hydrogen-bond acceptors (Lipinski definition) is 5. The molecule has 154 valence electrons. The van der Waals surface area contributed by atoms with Gasteiger partial charge >= 0.3 is 0 Å². The van der Waals surface area contributed by atoms with E-state index in [2.05, 4.69) is 15.3 Å². The number of nitrogens with one attached hydrogen (secondary N) is 1. The van der Waals surface area contributed by atoms with Crippen molar-refractivity contribution in [3.05, 3.63) is 72.2 Å². The van der Waals surface area contributed by atoms with Gasteiger partial charge in [0.15, 0.2) is 11.6 Å². The molecule has 0 radical (unpaired) electrons. The molecule has 1 fully saturated rings. The third kappa shape index (κ3) is 4.25. The van der Waals surface area contributed by atoms with Crippen LogP contribution in [0.2, 0.25) is 0 Å². The number of para-hydroxylation sites is 1. The summed E-state index contributed by atoms with van der Waals surface area (Å²) in [6, 6.07) is 16.2. The molecule has 4 rings (SSSR count). The van der Waals surface area contributed by atoms with Crippen LogP contribution in [0.1, 0.15) is 23.2 Å². The molecule has 1 aromatic heterocycles. The molecule has 1 unspecified atom stereocenters. The van der Waals surface area contributed by atoms with Crippen molar-refractivity contribution < 1.29 is 13.9 Å². The molecule has 7 heteroatoms. The summed E-state index contributed by atoms with van der Waals surface area (Å²) in [5.74, 6) is -0.270. The average Bonchev–Trinajstić information content (AvgIpc) is 2.79. The van der Waals surface area contributed by atoms with Gasteiger partial charge in [-0.3, -0.25) is 4.79 Å². The molecule has 2 heterocycles. The van der Waals surface area contributed by atoms with E-state index in [9.17, 15) is 9.18 Å². The summed E-state index contributed by atoms with van der Waals surface area (Å²) < 4.78 is 19.1. The summed E-state index contributed by atoms with van der Waals surface area (Å²) in [5, 5.41) is 3.35. The van der Waals surface area contributed by atoms with Gasteiger partial charge in [0.1, 0.15) is 0 Å². The van der Waals surface area contributed by atoms with Crippen molar-refractivity contribution in [2.75, 3.05) is 25.5 Å². The number of piperidine rings is 1. The Hall–Kier alpha value is -3.48. The Morgan fingerprint density at radius 3 is 2.80 bits per heavy atom. The number of rotatable bonds is 5. The van der Waals surface area contributed by atoms with Crippen LogP contribution < -0.4 is 10.1 Å². The number of anilines is 1. The lowest BCUT2D eigenvalue weighted by atomic mass is 10.0. The predicted octanol–water partition coefficient (Wildman–Crippen LogP) is 4.01. The van der Waals surface area contributed by atoms with Crippen molar-refractivity contribution in [2.24, 2.45) is 0 Å². The van der Waals surface area contributed by atoms with Gasteiger partial charge in [0.05, 0.1) is 18.4 Å². The van der Waals surface area contributed by atoms with Gasteiger partial charge in [0, 0.05) is 30.9 Å². The maximum atomic E-state index is 14.0. The van der Waals surface area contributed by atoms with Crippen molar-refractivity contribution in [2.45, 2.75) is 18.9 Å². The molecule has 1 aliphatic heterocycles. The fourth-order valence-electron chi connectivity index (χ4n) is 3.71. The topological polar surface area (TPSA) is 67.3 Å². The molecule has 6 nitrogen and oxygen atoms in total. The minimum atomic E-state index is -0.541. The second-order valence-electron chi connectivity index (χ2n) is 7.19. The lowest BCUT2D eigenvalue weighted by Crippen LogP contribution is -2.45. The molecule has 1 amide bonds. The van der Waals surface area contributed by atoms with Gasteiger partial charge in [-0.25, -0.2) is 14.4 Å². The number of amides is 1. The van der Waals surface area contributed by atoms with Crippen molar-refractivity contribution in [1.29, 1.82) is 0 Å². The normalized spacial score (nSPS) is 16.2. The van der Waals surface area contributed by atoms with E-state index in [1.165, 1.54) is 19.2 Å². The Morgan fingerprint density at radius 2 is 2.00 bits per heavy atom. The third-order valence-corrected chi connectivity index (χ3v) is 5.17. The van der Waals surface area contributed by atoms with Crippen molar-refractivity contribution in [1.82, 2.24) is 14.9 Å². The summed E-state index contributed by atoms with van der Waals surface area (Å²) in [7, 11) is 1.37. The number of methoxy groups -OCH3 is 1. The van der Waals surface area contributed by atoms with Gasteiger partial charge in [-0.05, 0) is 31.0 Å². The van der Waals surface area contributed by atoms with Crippen LogP contribution >= 0.6 is 0 Å². The largest absolute Gasteiger partial charge is 0.493 e. The van der Waals surface area contributed by atoms with Gasteiger partial charge in [0.25, 0.3) is 5.91 Å². The first-order valence-electron chi connectivity index (χ1n) is 9.92. The van der Waals surface area contributed by atoms with E-state index < -0.39 is 5.82 Å². The van der Waals surface area contributed by atoms with E-state index in [1.54, 1.807) is 17.2 Å². The molecule has 3 aromatic rings. The first kappa shape index (κ1) is 19.8. The molecule has 1 aliphatic rings. The van der Waals surface area contributed by atoms with E-state index >= 15 is 0 Å². The molecule has 1 atom stereocenters. The molecule has 0 saturated carbocycles. The maximum Gasteiger partial charge on any atom is 0.257 e. The zero-order valence-electron chi connectivity index (χ0n) is 16.7. The Morgan fingerprint density at radius 1 is 1.17 bits per heavy atom. The molecule has 0 bridgehead atoms. The van der Waals surface area contributed by atoms with Crippen LogP contribution in [0, 0.1) is 5.82 Å². The van der Waals surface area contributed by atoms with Gasteiger partial charge in [-0.15, -0.1) is 0 Å². The van der Waals surface area contributed by atoms with Crippen molar-refractivity contribution in [3.8, 4) is 17.0 Å². The SMILES string of the molecule is COc1c(F)cccc1C(=O)N1CCCC(Nc2nccc(-c3ccccc3)n2)C1. The monoisotopic (exact) mass is 406 g/mol. The van der Waals surface area contributed by atoms with Crippen LogP contribution in [-0.4, -0.2) is 47.0 Å². The number of hydrogen-bond donors (Lipinski definition) is 1. The fraction of sp³-hybridized carbons (Fsp3) is 0.261. The lowest BCUT2D eigenvalue weighted by Gasteiger charge is -2.33. The average molecular weight is 406 g/mol. The second-order valence-corrected chi connectivity index (χ2v) is 7.19. The summed E-state index contributed by atoms with van der Waals surface area (Å²) in [4.78, 5) is 23.7. The quantitative estimate of drug-likeness (QED) is 0.694. The molecule has 1 N–H and O–H groups in total. The molecular weight excluding hydrogens is 383 g/mol. The van der Waals surface area contributed by atoms with E-state index in [0.29, 0.717) is 19.0 Å². The number of halogens is 1. The minimum Gasteiger partial charge on any atom is -0.493 e. The summed E-state index contributed by atoms with van der Waals surface area (Å²) in [6.07, 6.45) is 3.45. The number of aromatic nitrogens is 2. The Bertz CT molecular complexity index is 1030. The standard InChI is InChI=1S/C23H23FN4O2/c1-30-21-18(10-5-11-19(21)24)22(29)28-14-6-9-17(15-28)26-23-25-13-12-20(27-23)16-7-3-2-4-8-16/h2-5,7-8,10-13,17H,6,9,14-15H2,1H3,(H,25,26,27). The molecule has 0 spiro atoms. The smallest absolute Gasteiger partial charge is 0.257 e. The van der Waals surface area contributed by atoms with Gasteiger partial charge in [-0.2, -0.15) is 0 Å². The number of ether oxygens (including phenoxy) is 1. The predicted molar refractivity (Wildman–Crippen MR) is 113 cm³/mol. The van der Waals surface area contributed by atoms with Gasteiger partial charge in [0.2, 0.25) is 5.95 Å². The van der Waals surface area contributed by atoms with Crippen LogP contribution in [-0.2, 0) is 0 Å². The number of nitrogens with zero attached hydrogens (tertiary/aromatic N) is 3. The minimum absolute atomic E-state index is 0.00766. The highest BCUT2D eigenvalue weighted by Crippen LogP contribution is 2.25. The summed E-state index contributed by atoms with van der Waals surface area (Å²) >= 11 is 0. The number of carbonyl (C=O) groups is 1. The molecule has 1 saturated heterocycles. The van der Waals surface area contributed by atoms with E-state index in [4.69, 9.17) is 4.74 Å². The van der Waals surface area contributed by atoms with Crippen molar-refractivity contribution in [3.63, 3.8) is 0 Å². The van der Waals surface area contributed by atoms with E-state index in [-0.39, 0.29) is 23.3 Å². The number of carbonyl (C=O) groups excluding carboxylic acids is 1. The zero-order valence-corrected chi connectivity index (χ0v) is 16.7. The van der Waals surface area contributed by atoms with Gasteiger partial charge < -0.3 is 15.0 Å². The Balaban J connectivity index is 1.48. The summed E-state index contributed by atoms with van der Waals surface area (Å²) in [6.45, 7) is 1.10. The lowest BCUT2D eigenvalue weighted by molar-refractivity contribution is 0.0710. The maximum absolute atomic E-state index is 14.0. The Kier molecular flexibility index (Phi) is 5.88. The number of likely N-dealkylation sites (tertiary alicyclic amines) is 1. The van der Waals surface area contributed by atoms with Crippen LogP contribution in [0.15, 0.2) is 60.8 Å². The highest BCUT2D eigenvalue weighted by molar-refractivity contribution is 5.97. The molecule has 30 heavy (non-hydrogen) atoms. The van der Waals surface area contributed by atoms with E-state index in [1.807, 2.05) is 36.4 Å². The Labute approximate surface area is 174 Å². The number of benzene rings is 2. The molecule has 2 aromatic carbocycles. The zero-order chi connectivity index (χ0) is 20.9. The molecular formula is C23H23FN4O2. The fourth-order valence-corrected chi connectivity index (χ4v) is 3.71. The highest BCUT2D eigenvalue weighted by Gasteiger charge is 2.27. The van der Waals surface area contributed by atoms with Crippen molar-refractivity contribution >= 4 is 11.9 Å². The highest BCUT2D eigenvalue weighted by atomic mass is 19.1. The van der Waals surface area contributed by atoms with Crippen LogP contribution in [0.4, 0.5) is 10.3 Å².